The molecule has 2 aromatic heterocycles. The molecule has 0 saturated heterocycles. The molecule has 1 N–H and O–H groups in total. The van der Waals surface area contributed by atoms with E-state index < -0.39 is 10.0 Å². The number of aromatic nitrogens is 2. The van der Waals surface area contributed by atoms with E-state index in [0.29, 0.717) is 11.1 Å². The van der Waals surface area contributed by atoms with Gasteiger partial charge in [0.1, 0.15) is 0 Å². The van der Waals surface area contributed by atoms with Crippen molar-refractivity contribution in [2.24, 2.45) is 0 Å². The van der Waals surface area contributed by atoms with Gasteiger partial charge in [-0.05, 0) is 17.5 Å². The quantitative estimate of drug-likeness (QED) is 0.457. The highest BCUT2D eigenvalue weighted by Gasteiger charge is 2.19. The number of nitrogens with zero attached hydrogens (tertiary/aromatic N) is 2. The van der Waals surface area contributed by atoms with Gasteiger partial charge in [0, 0.05) is 28.7 Å². The number of hydrogen-bond acceptors (Lipinski definition) is 4. The number of benzene rings is 3. The molecular formula is C21H15N3O2S2. The van der Waals surface area contributed by atoms with Gasteiger partial charge in [0.15, 0.2) is 4.96 Å². The molecule has 28 heavy (non-hydrogen) atoms. The summed E-state index contributed by atoms with van der Waals surface area (Å²) < 4.78 is 31.1. The van der Waals surface area contributed by atoms with E-state index in [1.807, 2.05) is 70.7 Å². The van der Waals surface area contributed by atoms with E-state index >= 15 is 0 Å². The molecule has 0 spiro atoms. The van der Waals surface area contributed by atoms with Gasteiger partial charge < -0.3 is 0 Å². The zero-order valence-corrected chi connectivity index (χ0v) is 16.2. The zero-order chi connectivity index (χ0) is 19.1. The maximum absolute atomic E-state index is 13.2. The predicted octanol–water partition coefficient (Wildman–Crippen LogP) is 5.02. The van der Waals surface area contributed by atoms with Gasteiger partial charge in [-0.3, -0.25) is 9.12 Å². The van der Waals surface area contributed by atoms with Crippen LogP contribution in [0.4, 0.5) is 5.69 Å². The molecule has 5 aromatic rings. The van der Waals surface area contributed by atoms with Gasteiger partial charge in [0.25, 0.3) is 10.0 Å². The lowest BCUT2D eigenvalue weighted by molar-refractivity contribution is 0.602. The summed E-state index contributed by atoms with van der Waals surface area (Å²) >= 11 is 1.53. The second kappa shape index (κ2) is 6.47. The van der Waals surface area contributed by atoms with Gasteiger partial charge in [-0.2, -0.15) is 0 Å². The Balaban J connectivity index is 1.60. The standard InChI is InChI=1S/C21H15N3O2S2/c25-28(26,20-11-5-7-15-6-1-2-8-16(15)20)23-18-10-4-3-9-17(18)19-14-24-12-13-27-21(24)22-19/h1-14,23H. The highest BCUT2D eigenvalue weighted by Crippen LogP contribution is 2.31. The van der Waals surface area contributed by atoms with Crippen LogP contribution in [0, 0.1) is 0 Å². The fourth-order valence-corrected chi connectivity index (χ4v) is 5.29. The van der Waals surface area contributed by atoms with Crippen LogP contribution in [0.15, 0.2) is 89.4 Å². The predicted molar refractivity (Wildman–Crippen MR) is 113 cm³/mol. The van der Waals surface area contributed by atoms with E-state index in [1.165, 1.54) is 11.3 Å². The summed E-state index contributed by atoms with van der Waals surface area (Å²) in [5.41, 5.74) is 1.96. The summed E-state index contributed by atoms with van der Waals surface area (Å²) in [5, 5.41) is 3.53. The number of imidazole rings is 1. The van der Waals surface area contributed by atoms with Crippen LogP contribution in [0.5, 0.6) is 0 Å². The Morgan fingerprint density at radius 2 is 1.71 bits per heavy atom. The van der Waals surface area contributed by atoms with Crippen LogP contribution in [-0.4, -0.2) is 17.8 Å². The summed E-state index contributed by atoms with van der Waals surface area (Å²) in [7, 11) is -3.77. The second-order valence-corrected chi connectivity index (χ2v) is 8.87. The molecule has 0 fully saturated rings. The van der Waals surface area contributed by atoms with Gasteiger partial charge in [-0.1, -0.05) is 54.6 Å². The Bertz CT molecular complexity index is 1380. The third-order valence-corrected chi connectivity index (χ3v) is 6.77. The van der Waals surface area contributed by atoms with Crippen molar-refractivity contribution in [3.63, 3.8) is 0 Å². The third kappa shape index (κ3) is 2.85. The van der Waals surface area contributed by atoms with Crippen molar-refractivity contribution in [3.05, 3.63) is 84.5 Å². The monoisotopic (exact) mass is 405 g/mol. The Hall–Kier alpha value is -3.16. The molecule has 0 bridgehead atoms. The summed E-state index contributed by atoms with van der Waals surface area (Å²) in [6, 6.07) is 20.0. The Morgan fingerprint density at radius 1 is 0.929 bits per heavy atom. The van der Waals surface area contributed by atoms with Crippen LogP contribution in [-0.2, 0) is 10.0 Å². The average molecular weight is 406 g/mol. The lowest BCUT2D eigenvalue weighted by atomic mass is 10.1. The first-order chi connectivity index (χ1) is 13.6. The highest BCUT2D eigenvalue weighted by atomic mass is 32.2. The summed E-state index contributed by atoms with van der Waals surface area (Å²) in [5.74, 6) is 0. The van der Waals surface area contributed by atoms with Crippen molar-refractivity contribution < 1.29 is 8.42 Å². The summed E-state index contributed by atoms with van der Waals surface area (Å²) in [6.45, 7) is 0. The Morgan fingerprint density at radius 3 is 2.61 bits per heavy atom. The van der Waals surface area contributed by atoms with Gasteiger partial charge in [-0.25, -0.2) is 13.4 Å². The number of para-hydroxylation sites is 1. The third-order valence-electron chi connectivity index (χ3n) is 4.58. The minimum atomic E-state index is -3.77. The molecule has 7 heteroatoms. The zero-order valence-electron chi connectivity index (χ0n) is 14.6. The molecule has 0 unspecified atom stereocenters. The largest absolute Gasteiger partial charge is 0.297 e. The molecule has 0 saturated carbocycles. The van der Waals surface area contributed by atoms with E-state index in [0.717, 1.165) is 21.6 Å². The van der Waals surface area contributed by atoms with E-state index in [-0.39, 0.29) is 4.90 Å². The van der Waals surface area contributed by atoms with E-state index in [9.17, 15) is 8.42 Å². The van der Waals surface area contributed by atoms with Crippen LogP contribution < -0.4 is 4.72 Å². The molecule has 0 atom stereocenters. The van der Waals surface area contributed by atoms with Gasteiger partial charge in [0.05, 0.1) is 16.3 Å². The molecule has 5 rings (SSSR count). The fourth-order valence-electron chi connectivity index (χ4n) is 3.28. The summed E-state index contributed by atoms with van der Waals surface area (Å²) in [4.78, 5) is 5.72. The molecule has 0 radical (unpaired) electrons. The Labute approximate surface area is 166 Å². The van der Waals surface area contributed by atoms with Crippen LogP contribution in [0.25, 0.3) is 27.0 Å². The lowest BCUT2D eigenvalue weighted by Gasteiger charge is -2.13. The molecular weight excluding hydrogens is 390 g/mol. The average Bonchev–Trinajstić information content (AvgIpc) is 3.30. The lowest BCUT2D eigenvalue weighted by Crippen LogP contribution is -2.14. The minimum absolute atomic E-state index is 0.256. The van der Waals surface area contributed by atoms with Gasteiger partial charge >= 0.3 is 0 Å². The maximum Gasteiger partial charge on any atom is 0.262 e. The fraction of sp³-hybridized carbons (Fsp3) is 0. The first-order valence-electron chi connectivity index (χ1n) is 8.64. The van der Waals surface area contributed by atoms with E-state index in [2.05, 4.69) is 9.71 Å². The molecule has 138 valence electrons. The molecule has 3 aromatic carbocycles. The summed E-state index contributed by atoms with van der Waals surface area (Å²) in [6.07, 6.45) is 3.83. The van der Waals surface area contributed by atoms with Crippen molar-refractivity contribution in [2.45, 2.75) is 4.90 Å². The Kier molecular flexibility index (Phi) is 3.92. The molecule has 2 heterocycles. The smallest absolute Gasteiger partial charge is 0.262 e. The number of sulfonamides is 1. The molecule has 0 amide bonds. The number of anilines is 1. The van der Waals surface area contributed by atoms with Crippen molar-refractivity contribution in [2.75, 3.05) is 4.72 Å². The second-order valence-electron chi connectivity index (χ2n) is 6.35. The number of fused-ring (bicyclic) bond motifs is 2. The number of hydrogen-bond donors (Lipinski definition) is 1. The minimum Gasteiger partial charge on any atom is -0.297 e. The number of thiazole rings is 1. The van der Waals surface area contributed by atoms with Crippen molar-refractivity contribution in [1.29, 1.82) is 0 Å². The molecule has 0 aliphatic heterocycles. The normalized spacial score (nSPS) is 11.9. The SMILES string of the molecule is O=S(=O)(Nc1ccccc1-c1cn2ccsc2n1)c1cccc2ccccc12. The van der Waals surface area contributed by atoms with Crippen LogP contribution in [0.2, 0.25) is 0 Å². The van der Waals surface area contributed by atoms with Gasteiger partial charge in [-0.15, -0.1) is 11.3 Å². The highest BCUT2D eigenvalue weighted by molar-refractivity contribution is 7.93. The molecule has 0 aliphatic carbocycles. The molecule has 0 aliphatic rings. The maximum atomic E-state index is 13.2. The topological polar surface area (TPSA) is 63.5 Å². The number of nitrogens with one attached hydrogen (secondary N) is 1. The van der Waals surface area contributed by atoms with Crippen molar-refractivity contribution in [1.82, 2.24) is 9.38 Å². The first-order valence-corrected chi connectivity index (χ1v) is 11.0. The van der Waals surface area contributed by atoms with Crippen molar-refractivity contribution >= 4 is 42.8 Å². The molecule has 5 nitrogen and oxygen atoms in total. The van der Waals surface area contributed by atoms with Crippen molar-refractivity contribution in [3.8, 4) is 11.3 Å². The van der Waals surface area contributed by atoms with Crippen LogP contribution in [0.3, 0.4) is 0 Å². The first kappa shape index (κ1) is 17.0. The van der Waals surface area contributed by atoms with E-state index in [1.54, 1.807) is 18.2 Å². The van der Waals surface area contributed by atoms with Gasteiger partial charge in [0.2, 0.25) is 0 Å². The van der Waals surface area contributed by atoms with Crippen LogP contribution >= 0.6 is 11.3 Å². The number of rotatable bonds is 4. The van der Waals surface area contributed by atoms with Crippen LogP contribution in [0.1, 0.15) is 0 Å². The van der Waals surface area contributed by atoms with E-state index in [4.69, 9.17) is 0 Å².